The van der Waals surface area contributed by atoms with Crippen molar-refractivity contribution in [3.05, 3.63) is 52.5 Å². The minimum Gasteiger partial charge on any atom is -0.302 e. The van der Waals surface area contributed by atoms with Gasteiger partial charge in [-0.2, -0.15) is 0 Å². The van der Waals surface area contributed by atoms with Crippen LogP contribution in [0.15, 0.2) is 41.9 Å². The molecule has 0 bridgehead atoms. The van der Waals surface area contributed by atoms with Crippen LogP contribution in [0.3, 0.4) is 0 Å². The molecule has 0 saturated heterocycles. The Kier molecular flexibility index (Phi) is 5.01. The van der Waals surface area contributed by atoms with E-state index in [1.165, 1.54) is 28.4 Å². The lowest BCUT2D eigenvalue weighted by molar-refractivity contribution is -0.114. The zero-order valence-electron chi connectivity index (χ0n) is 13.2. The fourth-order valence-corrected chi connectivity index (χ4v) is 3.94. The average Bonchev–Trinajstić information content (AvgIpc) is 2.89. The Balaban J connectivity index is 2.47. The topological polar surface area (TPSA) is 67.3 Å². The van der Waals surface area contributed by atoms with Crippen LogP contribution in [0.1, 0.15) is 15.4 Å². The van der Waals surface area contributed by atoms with E-state index in [1.54, 1.807) is 25.3 Å². The fourth-order valence-electron chi connectivity index (χ4n) is 2.17. The van der Waals surface area contributed by atoms with Crippen molar-refractivity contribution in [2.45, 2.75) is 25.3 Å². The van der Waals surface area contributed by atoms with Gasteiger partial charge in [-0.15, -0.1) is 11.3 Å². The molecule has 0 unspecified atom stereocenters. The minimum absolute atomic E-state index is 0.215. The van der Waals surface area contributed by atoms with Gasteiger partial charge in [0.2, 0.25) is 0 Å². The molecule has 1 amide bonds. The number of carbonyl (C=O) groups is 1. The van der Waals surface area contributed by atoms with Crippen LogP contribution in [0.5, 0.6) is 0 Å². The molecule has 1 aromatic carbocycles. The third-order valence-corrected chi connectivity index (χ3v) is 5.42. The highest BCUT2D eigenvalue weighted by molar-refractivity contribution is 7.90. The molecule has 0 saturated carbocycles. The van der Waals surface area contributed by atoms with Crippen molar-refractivity contribution in [3.63, 3.8) is 0 Å². The number of aryl methyl sites for hydroxylation is 2. The minimum atomic E-state index is -3.37. The number of amides is 1. The second kappa shape index (κ2) is 6.64. The van der Waals surface area contributed by atoms with Gasteiger partial charge in [0.25, 0.3) is 5.91 Å². The summed E-state index contributed by atoms with van der Waals surface area (Å²) in [4.78, 5) is 19.2. The summed E-state index contributed by atoms with van der Waals surface area (Å²) < 4.78 is 23.8. The first kappa shape index (κ1) is 17.4. The van der Waals surface area contributed by atoms with E-state index in [9.17, 15) is 13.2 Å². The number of nitrogens with zero attached hydrogens (tertiary/aromatic N) is 2. The number of hydrogen-bond acceptors (Lipinski definition) is 5. The third-order valence-electron chi connectivity index (χ3n) is 3.29. The fraction of sp³-hybridized carbons (Fsp3) is 0.250. The van der Waals surface area contributed by atoms with Gasteiger partial charge in [0.15, 0.2) is 9.84 Å². The van der Waals surface area contributed by atoms with Crippen LogP contribution >= 0.6 is 11.3 Å². The van der Waals surface area contributed by atoms with E-state index in [0.717, 1.165) is 16.1 Å². The molecule has 2 rings (SSSR count). The molecule has 0 aliphatic rings. The number of benzene rings is 1. The second-order valence-electron chi connectivity index (χ2n) is 5.22. The summed E-state index contributed by atoms with van der Waals surface area (Å²) in [6.07, 6.45) is 4.11. The summed E-state index contributed by atoms with van der Waals surface area (Å²) in [5.41, 5.74) is 1.15. The summed E-state index contributed by atoms with van der Waals surface area (Å²) in [5, 5.41) is 0.777. The summed E-state index contributed by atoms with van der Waals surface area (Å²) in [7, 11) is -3.37. The first-order valence-corrected chi connectivity index (χ1v) is 9.59. The predicted octanol–water partition coefficient (Wildman–Crippen LogP) is 2.88. The predicted molar refractivity (Wildman–Crippen MR) is 92.5 cm³/mol. The molecule has 5 nitrogen and oxygen atoms in total. The Morgan fingerprint density at radius 1 is 1.39 bits per heavy atom. The van der Waals surface area contributed by atoms with E-state index in [-0.39, 0.29) is 17.3 Å². The molecule has 23 heavy (non-hydrogen) atoms. The first-order chi connectivity index (χ1) is 10.7. The number of aromatic nitrogens is 1. The zero-order valence-corrected chi connectivity index (χ0v) is 14.9. The highest BCUT2D eigenvalue weighted by Crippen LogP contribution is 2.25. The molecule has 0 N–H and O–H groups in total. The second-order valence-corrected chi connectivity index (χ2v) is 8.52. The molecule has 122 valence electrons. The standard InChI is InChI=1S/C16H18N2O3S2/c1-5-16(19)18(10-15-17-9-12(3)22-15)13-7-6-11(2)14(8-13)23(4,20)21/h5-9H,1,10H2,2-4H3. The van der Waals surface area contributed by atoms with Gasteiger partial charge >= 0.3 is 0 Å². The molecular weight excluding hydrogens is 332 g/mol. The largest absolute Gasteiger partial charge is 0.302 e. The molecule has 0 atom stereocenters. The van der Waals surface area contributed by atoms with Crippen LogP contribution < -0.4 is 4.90 Å². The van der Waals surface area contributed by atoms with E-state index in [4.69, 9.17) is 0 Å². The van der Waals surface area contributed by atoms with Gasteiger partial charge < -0.3 is 4.90 Å². The number of carbonyl (C=O) groups excluding carboxylic acids is 1. The highest BCUT2D eigenvalue weighted by Gasteiger charge is 2.19. The summed E-state index contributed by atoms with van der Waals surface area (Å²) in [5.74, 6) is -0.304. The lowest BCUT2D eigenvalue weighted by Gasteiger charge is -2.21. The molecule has 0 aliphatic heterocycles. The molecule has 1 heterocycles. The number of sulfone groups is 1. The molecule has 0 aliphatic carbocycles. The van der Waals surface area contributed by atoms with Crippen LogP contribution in [-0.4, -0.2) is 25.6 Å². The van der Waals surface area contributed by atoms with Crippen LogP contribution in [0.25, 0.3) is 0 Å². The van der Waals surface area contributed by atoms with Crippen molar-refractivity contribution >= 4 is 32.8 Å². The van der Waals surface area contributed by atoms with Crippen LogP contribution in [0, 0.1) is 13.8 Å². The van der Waals surface area contributed by atoms with Crippen LogP contribution in [0.2, 0.25) is 0 Å². The van der Waals surface area contributed by atoms with Gasteiger partial charge in [-0.3, -0.25) is 4.79 Å². The van der Waals surface area contributed by atoms with Crippen molar-refractivity contribution in [3.8, 4) is 0 Å². The molecule has 0 fully saturated rings. The number of thiazole rings is 1. The molecule has 2 aromatic rings. The smallest absolute Gasteiger partial charge is 0.250 e. The van der Waals surface area contributed by atoms with Gasteiger partial charge in [0.05, 0.1) is 11.4 Å². The normalized spacial score (nSPS) is 11.3. The molecular formula is C16H18N2O3S2. The Hall–Kier alpha value is -1.99. The van der Waals surface area contributed by atoms with Gasteiger partial charge in [-0.25, -0.2) is 13.4 Å². The van der Waals surface area contributed by atoms with Crippen LogP contribution in [0.4, 0.5) is 5.69 Å². The zero-order chi connectivity index (χ0) is 17.2. The molecule has 0 radical (unpaired) electrons. The number of hydrogen-bond donors (Lipinski definition) is 0. The molecule has 0 spiro atoms. The summed E-state index contributed by atoms with van der Waals surface area (Å²) in [6, 6.07) is 4.95. The highest BCUT2D eigenvalue weighted by atomic mass is 32.2. The van der Waals surface area contributed by atoms with Crippen molar-refractivity contribution in [1.82, 2.24) is 4.98 Å². The lowest BCUT2D eigenvalue weighted by atomic mass is 10.2. The lowest BCUT2D eigenvalue weighted by Crippen LogP contribution is -2.28. The van der Waals surface area contributed by atoms with E-state index in [1.807, 2.05) is 6.92 Å². The van der Waals surface area contributed by atoms with Gasteiger partial charge in [-0.05, 0) is 37.6 Å². The maximum absolute atomic E-state index is 12.2. The van der Waals surface area contributed by atoms with Crippen molar-refractivity contribution in [2.24, 2.45) is 0 Å². The van der Waals surface area contributed by atoms with Crippen molar-refractivity contribution in [2.75, 3.05) is 11.2 Å². The third kappa shape index (κ3) is 4.05. The van der Waals surface area contributed by atoms with Crippen molar-refractivity contribution < 1.29 is 13.2 Å². The van der Waals surface area contributed by atoms with Crippen LogP contribution in [-0.2, 0) is 21.2 Å². The maximum atomic E-state index is 12.2. The van der Waals surface area contributed by atoms with Gasteiger partial charge in [0, 0.05) is 23.0 Å². The summed E-state index contributed by atoms with van der Waals surface area (Å²) in [6.45, 7) is 7.45. The summed E-state index contributed by atoms with van der Waals surface area (Å²) >= 11 is 1.49. The number of rotatable bonds is 5. The van der Waals surface area contributed by atoms with E-state index < -0.39 is 9.84 Å². The maximum Gasteiger partial charge on any atom is 0.250 e. The van der Waals surface area contributed by atoms with Gasteiger partial charge in [-0.1, -0.05) is 12.6 Å². The monoisotopic (exact) mass is 350 g/mol. The van der Waals surface area contributed by atoms with E-state index >= 15 is 0 Å². The number of anilines is 1. The van der Waals surface area contributed by atoms with E-state index in [0.29, 0.717) is 11.3 Å². The SMILES string of the molecule is C=CC(=O)N(Cc1ncc(C)s1)c1ccc(C)c(S(C)(=O)=O)c1. The Morgan fingerprint density at radius 3 is 2.61 bits per heavy atom. The Labute approximate surface area is 140 Å². The Morgan fingerprint density at radius 2 is 2.09 bits per heavy atom. The first-order valence-electron chi connectivity index (χ1n) is 6.88. The Bertz CT molecular complexity index is 854. The van der Waals surface area contributed by atoms with Crippen molar-refractivity contribution in [1.29, 1.82) is 0 Å². The molecule has 1 aromatic heterocycles. The quantitative estimate of drug-likeness (QED) is 0.778. The van der Waals surface area contributed by atoms with E-state index in [2.05, 4.69) is 11.6 Å². The molecule has 7 heteroatoms. The van der Waals surface area contributed by atoms with Gasteiger partial charge in [0.1, 0.15) is 5.01 Å². The average molecular weight is 350 g/mol.